The van der Waals surface area contributed by atoms with Gasteiger partial charge in [0, 0.05) is 0 Å². The number of carbonyl (C=O) groups excluding carboxylic acids is 1. The van der Waals surface area contributed by atoms with Crippen LogP contribution in [0.5, 0.6) is 0 Å². The summed E-state index contributed by atoms with van der Waals surface area (Å²) in [5.41, 5.74) is 0. The van der Waals surface area contributed by atoms with E-state index in [0.717, 1.165) is 51.4 Å². The molecule has 0 radical (unpaired) electrons. The van der Waals surface area contributed by atoms with Gasteiger partial charge in [-0.2, -0.15) is 0 Å². The van der Waals surface area contributed by atoms with E-state index in [1.165, 1.54) is 96.3 Å². The molecule has 54 heavy (non-hydrogen) atoms. The summed E-state index contributed by atoms with van der Waals surface area (Å²) in [5.74, 6) is -0.707. The lowest BCUT2D eigenvalue weighted by Gasteiger charge is -2.40. The van der Waals surface area contributed by atoms with Crippen LogP contribution in [0.2, 0.25) is 0 Å². The number of hydrogen-bond donors (Lipinski definition) is 8. The summed E-state index contributed by atoms with van der Waals surface area (Å²) in [7, 11) is 0. The average molecular weight is 774 g/mol. The van der Waals surface area contributed by atoms with Gasteiger partial charge in [0.15, 0.2) is 6.29 Å². The van der Waals surface area contributed by atoms with Crippen molar-refractivity contribution in [1.29, 1.82) is 0 Å². The smallest absolute Gasteiger partial charge is 0.249 e. The summed E-state index contributed by atoms with van der Waals surface area (Å²) in [5, 5.41) is 75.5. The molecule has 8 N–H and O–H groups in total. The van der Waals surface area contributed by atoms with E-state index < -0.39 is 74.2 Å². The van der Waals surface area contributed by atoms with Crippen molar-refractivity contribution in [3.8, 4) is 0 Å². The van der Waals surface area contributed by atoms with Crippen molar-refractivity contribution < 1.29 is 50.0 Å². The van der Waals surface area contributed by atoms with Crippen molar-refractivity contribution in [2.75, 3.05) is 13.2 Å². The van der Waals surface area contributed by atoms with Gasteiger partial charge in [0.25, 0.3) is 0 Å². The molecule has 0 saturated carbocycles. The molecule has 1 amide bonds. The Kier molecular flexibility index (Phi) is 32.0. The van der Waals surface area contributed by atoms with Gasteiger partial charge in [0.05, 0.1) is 25.4 Å². The number of ether oxygens (including phenoxy) is 2. The molecule has 1 fully saturated rings. The predicted octanol–water partition coefficient (Wildman–Crippen LogP) is 6.50. The Bertz CT molecular complexity index is 892. The van der Waals surface area contributed by atoms with Gasteiger partial charge in [0.1, 0.15) is 36.6 Å². The number of unbranched alkanes of at least 4 members (excludes halogenated alkanes) is 22. The summed E-state index contributed by atoms with van der Waals surface area (Å²) in [6.45, 7) is 3.39. The maximum atomic E-state index is 13.0. The SMILES string of the molecule is CCCCC/C=C\CCCCCCC(O)C(=O)NC(COC1OC(CO)C(O)C(O)C1O)C(O)C(O)CCCCCCCCCCCCCCCCCC. The third-order valence-corrected chi connectivity index (χ3v) is 10.8. The number of aliphatic hydroxyl groups excluding tert-OH is 7. The Hall–Kier alpha value is -1.15. The van der Waals surface area contributed by atoms with Gasteiger partial charge >= 0.3 is 0 Å². The molecule has 9 unspecified atom stereocenters. The van der Waals surface area contributed by atoms with Crippen LogP contribution in [-0.2, 0) is 14.3 Å². The normalized spacial score (nSPS) is 22.7. The third kappa shape index (κ3) is 23.8. The van der Waals surface area contributed by atoms with Crippen molar-refractivity contribution in [3.05, 3.63) is 12.2 Å². The van der Waals surface area contributed by atoms with Gasteiger partial charge in [-0.1, -0.05) is 161 Å². The number of aliphatic hydroxyl groups is 7. The van der Waals surface area contributed by atoms with E-state index in [-0.39, 0.29) is 6.42 Å². The summed E-state index contributed by atoms with van der Waals surface area (Å²) in [6, 6.07) is -1.17. The molecule has 0 bridgehead atoms. The fraction of sp³-hybridized carbons (Fsp3) is 0.930. The van der Waals surface area contributed by atoms with Crippen molar-refractivity contribution in [3.63, 3.8) is 0 Å². The minimum absolute atomic E-state index is 0.247. The summed E-state index contributed by atoms with van der Waals surface area (Å²) in [4.78, 5) is 13.0. The molecule has 1 heterocycles. The number of nitrogens with one attached hydrogen (secondary N) is 1. The van der Waals surface area contributed by atoms with Crippen molar-refractivity contribution in [1.82, 2.24) is 5.32 Å². The van der Waals surface area contributed by atoms with Gasteiger partial charge in [-0.05, 0) is 38.5 Å². The first-order chi connectivity index (χ1) is 26.2. The van der Waals surface area contributed by atoms with Crippen LogP contribution in [-0.4, -0.2) is 110 Å². The summed E-state index contributed by atoms with van der Waals surface area (Å²) < 4.78 is 11.1. The Morgan fingerprint density at radius 1 is 0.630 bits per heavy atom. The second-order valence-electron chi connectivity index (χ2n) is 15.8. The summed E-state index contributed by atoms with van der Waals surface area (Å²) >= 11 is 0. The van der Waals surface area contributed by atoms with Crippen molar-refractivity contribution >= 4 is 5.91 Å². The van der Waals surface area contributed by atoms with E-state index in [0.29, 0.717) is 19.3 Å². The highest BCUT2D eigenvalue weighted by Gasteiger charge is 2.44. The fourth-order valence-electron chi connectivity index (χ4n) is 7.08. The first kappa shape index (κ1) is 50.9. The number of rotatable bonds is 36. The molecule has 0 aliphatic carbocycles. The lowest BCUT2D eigenvalue weighted by molar-refractivity contribution is -0.303. The Morgan fingerprint density at radius 2 is 1.07 bits per heavy atom. The highest BCUT2D eigenvalue weighted by Crippen LogP contribution is 2.23. The quantitative estimate of drug-likeness (QED) is 0.0258. The molecule has 11 nitrogen and oxygen atoms in total. The monoisotopic (exact) mass is 774 g/mol. The molecule has 1 saturated heterocycles. The molecule has 1 rings (SSSR count). The van der Waals surface area contributed by atoms with E-state index >= 15 is 0 Å². The summed E-state index contributed by atoms with van der Waals surface area (Å²) in [6.07, 6.45) is 22.6. The fourth-order valence-corrected chi connectivity index (χ4v) is 7.08. The minimum atomic E-state index is -1.66. The zero-order valence-electron chi connectivity index (χ0n) is 34.2. The van der Waals surface area contributed by atoms with Gasteiger partial charge in [0.2, 0.25) is 5.91 Å². The number of allylic oxidation sites excluding steroid dienone is 2. The number of carbonyl (C=O) groups is 1. The Labute approximate surface area is 328 Å². The highest BCUT2D eigenvalue weighted by atomic mass is 16.7. The van der Waals surface area contributed by atoms with E-state index in [1.807, 2.05) is 0 Å². The Morgan fingerprint density at radius 3 is 1.59 bits per heavy atom. The molecule has 0 aromatic heterocycles. The van der Waals surface area contributed by atoms with Gasteiger partial charge in [-0.3, -0.25) is 4.79 Å². The first-order valence-corrected chi connectivity index (χ1v) is 22.1. The largest absolute Gasteiger partial charge is 0.394 e. The standard InChI is InChI=1S/C43H83NO10/c1-3-5-7-9-11-13-15-16-17-18-19-21-22-24-26-28-30-35(46)38(48)34(33-53-43-41(51)40(50)39(49)37(32-45)54-43)44-42(52)36(47)31-29-27-25-23-20-14-12-10-8-6-4-2/h12,14,34-41,43,45-51H,3-11,13,15-33H2,1-2H3,(H,44,52)/b14-12-. The Balaban J connectivity index is 2.48. The number of hydrogen-bond acceptors (Lipinski definition) is 10. The van der Waals surface area contributed by atoms with Crippen LogP contribution in [0.4, 0.5) is 0 Å². The van der Waals surface area contributed by atoms with Crippen LogP contribution in [0.25, 0.3) is 0 Å². The molecular formula is C43H83NO10. The maximum absolute atomic E-state index is 13.0. The molecule has 320 valence electrons. The average Bonchev–Trinajstić information content (AvgIpc) is 3.17. The number of amides is 1. The predicted molar refractivity (Wildman–Crippen MR) is 215 cm³/mol. The topological polar surface area (TPSA) is 189 Å². The van der Waals surface area contributed by atoms with Crippen molar-refractivity contribution in [2.45, 2.75) is 242 Å². The third-order valence-electron chi connectivity index (χ3n) is 10.8. The van der Waals surface area contributed by atoms with Gasteiger partial charge in [-0.15, -0.1) is 0 Å². The lowest BCUT2D eigenvalue weighted by Crippen LogP contribution is -2.60. The lowest BCUT2D eigenvalue weighted by atomic mass is 9.98. The van der Waals surface area contributed by atoms with Crippen LogP contribution in [0.1, 0.15) is 187 Å². The van der Waals surface area contributed by atoms with Crippen LogP contribution < -0.4 is 5.32 Å². The van der Waals surface area contributed by atoms with Crippen LogP contribution in [0, 0.1) is 0 Å². The van der Waals surface area contributed by atoms with E-state index in [2.05, 4.69) is 31.3 Å². The van der Waals surface area contributed by atoms with Gasteiger partial charge in [-0.25, -0.2) is 0 Å². The van der Waals surface area contributed by atoms with E-state index in [1.54, 1.807) is 0 Å². The molecule has 1 aliphatic heterocycles. The zero-order chi connectivity index (χ0) is 39.8. The molecule has 11 heteroatoms. The maximum Gasteiger partial charge on any atom is 0.249 e. The van der Waals surface area contributed by atoms with E-state index in [9.17, 15) is 40.5 Å². The molecular weight excluding hydrogens is 690 g/mol. The molecule has 1 aliphatic rings. The van der Waals surface area contributed by atoms with Gasteiger partial charge < -0.3 is 50.5 Å². The molecule has 0 spiro atoms. The minimum Gasteiger partial charge on any atom is -0.394 e. The second-order valence-corrected chi connectivity index (χ2v) is 15.8. The van der Waals surface area contributed by atoms with Crippen LogP contribution >= 0.6 is 0 Å². The van der Waals surface area contributed by atoms with E-state index in [4.69, 9.17) is 9.47 Å². The van der Waals surface area contributed by atoms with Crippen LogP contribution in [0.15, 0.2) is 12.2 Å². The van der Waals surface area contributed by atoms with Crippen LogP contribution in [0.3, 0.4) is 0 Å². The van der Waals surface area contributed by atoms with Crippen molar-refractivity contribution in [2.24, 2.45) is 0 Å². The molecule has 9 atom stereocenters. The highest BCUT2D eigenvalue weighted by molar-refractivity contribution is 5.80. The molecule has 0 aromatic rings. The zero-order valence-corrected chi connectivity index (χ0v) is 34.2. The molecule has 0 aromatic carbocycles. The second kappa shape index (κ2) is 33.9. The first-order valence-electron chi connectivity index (χ1n) is 22.1.